The van der Waals surface area contributed by atoms with Crippen molar-refractivity contribution in [2.75, 3.05) is 0 Å². The van der Waals surface area contributed by atoms with E-state index in [2.05, 4.69) is 0 Å². The molecule has 5 N–H and O–H groups in total. The Kier molecular flexibility index (Phi) is 9.55. The molecule has 0 heterocycles. The van der Waals surface area contributed by atoms with Crippen LogP contribution in [0.2, 0.25) is 0 Å². The van der Waals surface area contributed by atoms with Crippen LogP contribution >= 0.6 is 0 Å². The molecule has 0 bridgehead atoms. The Morgan fingerprint density at radius 2 is 1.86 bits per heavy atom. The van der Waals surface area contributed by atoms with Gasteiger partial charge in [0.15, 0.2) is 0 Å². The van der Waals surface area contributed by atoms with Crippen LogP contribution in [0.1, 0.15) is 5.56 Å². The topological polar surface area (TPSA) is 94.8 Å². The van der Waals surface area contributed by atoms with E-state index in [9.17, 15) is 4.79 Å². The van der Waals surface area contributed by atoms with E-state index in [1.807, 2.05) is 30.3 Å². The molecule has 1 unspecified atom stereocenters. The summed E-state index contributed by atoms with van der Waals surface area (Å²) in [7, 11) is 0. The Labute approximate surface area is 112 Å². The molecular weight excluding hydrogens is 210 g/mol. The predicted octanol–water partition coefficient (Wildman–Crippen LogP) is -1.10. The van der Waals surface area contributed by atoms with E-state index < -0.39 is 12.0 Å². The summed E-state index contributed by atoms with van der Waals surface area (Å²) in [5.74, 6) is -0.959. The molecule has 0 aliphatic heterocycles. The van der Waals surface area contributed by atoms with E-state index in [-0.39, 0.29) is 43.2 Å². The van der Waals surface area contributed by atoms with Crippen molar-refractivity contribution in [3.8, 4) is 0 Å². The molecule has 0 aliphatic carbocycles. The molecule has 0 aromatic heterocycles. The van der Waals surface area contributed by atoms with Crippen molar-refractivity contribution >= 4 is 43.7 Å². The van der Waals surface area contributed by atoms with Crippen LogP contribution in [0.5, 0.6) is 0 Å². The molecule has 0 amide bonds. The van der Waals surface area contributed by atoms with Crippen LogP contribution in [0.4, 0.5) is 0 Å². The van der Waals surface area contributed by atoms with E-state index in [4.69, 9.17) is 10.8 Å². The molecule has 14 heavy (non-hydrogen) atoms. The van der Waals surface area contributed by atoms with Gasteiger partial charge >= 0.3 is 43.7 Å². The van der Waals surface area contributed by atoms with Gasteiger partial charge in [0.05, 0.1) is 0 Å². The Morgan fingerprint density at radius 1 is 1.36 bits per heavy atom. The van der Waals surface area contributed by atoms with Gasteiger partial charge in [-0.05, 0) is 12.0 Å². The first kappa shape index (κ1) is 16.3. The summed E-state index contributed by atoms with van der Waals surface area (Å²) in [6.07, 6.45) is 0.385. The van der Waals surface area contributed by atoms with Crippen molar-refractivity contribution < 1.29 is 15.4 Å². The predicted molar refractivity (Wildman–Crippen MR) is 57.9 cm³/mol. The molecule has 1 atom stereocenters. The molecule has 0 radical (unpaired) electrons. The fourth-order valence-electron chi connectivity index (χ4n) is 0.955. The minimum absolute atomic E-state index is 0. The standard InChI is InChI=1S/C9H11NO2.Ca.H2O.2H/c10-8(9(11)12)6-7-4-2-1-3-5-7;;;;/h1-5,8H,6,10H2,(H,11,12);;1H2;;. The van der Waals surface area contributed by atoms with Gasteiger partial charge < -0.3 is 16.3 Å². The van der Waals surface area contributed by atoms with Crippen LogP contribution in [-0.2, 0) is 11.2 Å². The molecule has 76 valence electrons. The van der Waals surface area contributed by atoms with Gasteiger partial charge in [0.1, 0.15) is 6.04 Å². The summed E-state index contributed by atoms with van der Waals surface area (Å²) in [6, 6.07) is 8.54. The molecule has 4 nitrogen and oxygen atoms in total. The number of nitrogens with two attached hydrogens (primary N) is 1. The van der Waals surface area contributed by atoms with Gasteiger partial charge in [0, 0.05) is 0 Å². The van der Waals surface area contributed by atoms with Crippen molar-refractivity contribution in [3.05, 3.63) is 35.9 Å². The Hall–Kier alpha value is -0.130. The van der Waals surface area contributed by atoms with Crippen molar-refractivity contribution in [2.24, 2.45) is 5.73 Å². The molecule has 0 spiro atoms. The first-order valence-corrected chi connectivity index (χ1v) is 3.72. The zero-order chi connectivity index (χ0) is 8.97. The van der Waals surface area contributed by atoms with E-state index >= 15 is 0 Å². The minimum atomic E-state index is -0.959. The number of carboxylic acid groups (broad SMARTS) is 1. The molecular formula is C9H15CaNO3. The zero-order valence-electron chi connectivity index (χ0n) is 7.10. The van der Waals surface area contributed by atoms with Gasteiger partial charge in [-0.2, -0.15) is 0 Å². The number of rotatable bonds is 3. The third-order valence-corrected chi connectivity index (χ3v) is 1.62. The van der Waals surface area contributed by atoms with Crippen LogP contribution in [-0.4, -0.2) is 60.3 Å². The SMILES string of the molecule is NC(Cc1ccccc1)C(=O)O.O.[CaH2]. The van der Waals surface area contributed by atoms with Gasteiger partial charge in [0.2, 0.25) is 0 Å². The summed E-state index contributed by atoms with van der Waals surface area (Å²) >= 11 is 0. The summed E-state index contributed by atoms with van der Waals surface area (Å²) in [5, 5.41) is 8.52. The number of carboxylic acids is 1. The summed E-state index contributed by atoms with van der Waals surface area (Å²) < 4.78 is 0. The third kappa shape index (κ3) is 5.57. The second-order valence-corrected chi connectivity index (χ2v) is 2.63. The average Bonchev–Trinajstić information content (AvgIpc) is 2.06. The van der Waals surface area contributed by atoms with Crippen molar-refractivity contribution in [2.45, 2.75) is 12.5 Å². The van der Waals surface area contributed by atoms with Gasteiger partial charge in [-0.15, -0.1) is 0 Å². The first-order chi connectivity index (χ1) is 5.70. The molecule has 0 aliphatic rings. The van der Waals surface area contributed by atoms with Crippen LogP contribution in [0.25, 0.3) is 0 Å². The number of benzene rings is 1. The molecule has 1 aromatic carbocycles. The van der Waals surface area contributed by atoms with Crippen LogP contribution in [0, 0.1) is 0 Å². The van der Waals surface area contributed by atoms with E-state index in [0.29, 0.717) is 6.42 Å². The van der Waals surface area contributed by atoms with Gasteiger partial charge in [-0.3, -0.25) is 4.79 Å². The molecule has 1 rings (SSSR count). The number of hydrogen-bond acceptors (Lipinski definition) is 2. The number of aliphatic carboxylic acids is 1. The second-order valence-electron chi connectivity index (χ2n) is 2.63. The third-order valence-electron chi connectivity index (χ3n) is 1.62. The fourth-order valence-corrected chi connectivity index (χ4v) is 0.955. The van der Waals surface area contributed by atoms with Crippen molar-refractivity contribution in [1.29, 1.82) is 0 Å². The maximum atomic E-state index is 10.4. The molecule has 0 saturated carbocycles. The monoisotopic (exact) mass is 225 g/mol. The average molecular weight is 225 g/mol. The molecule has 1 aromatic rings. The first-order valence-electron chi connectivity index (χ1n) is 3.72. The molecule has 0 saturated heterocycles. The second kappa shape index (κ2) is 8.20. The fraction of sp³-hybridized carbons (Fsp3) is 0.222. The van der Waals surface area contributed by atoms with E-state index in [1.54, 1.807) is 0 Å². The van der Waals surface area contributed by atoms with Crippen molar-refractivity contribution in [1.82, 2.24) is 0 Å². The van der Waals surface area contributed by atoms with Crippen LogP contribution in [0.15, 0.2) is 30.3 Å². The Bertz CT molecular complexity index is 266. The summed E-state index contributed by atoms with van der Waals surface area (Å²) in [6.45, 7) is 0. The van der Waals surface area contributed by atoms with Gasteiger partial charge in [-0.1, -0.05) is 30.3 Å². The van der Waals surface area contributed by atoms with E-state index in [0.717, 1.165) is 5.56 Å². The Morgan fingerprint density at radius 3 is 2.29 bits per heavy atom. The molecule has 5 heteroatoms. The van der Waals surface area contributed by atoms with Crippen molar-refractivity contribution in [3.63, 3.8) is 0 Å². The number of hydrogen-bond donors (Lipinski definition) is 2. The van der Waals surface area contributed by atoms with Gasteiger partial charge in [-0.25, -0.2) is 0 Å². The van der Waals surface area contributed by atoms with Crippen LogP contribution < -0.4 is 5.73 Å². The zero-order valence-corrected chi connectivity index (χ0v) is 7.10. The summed E-state index contributed by atoms with van der Waals surface area (Å²) in [4.78, 5) is 10.4. The van der Waals surface area contributed by atoms with Crippen LogP contribution in [0.3, 0.4) is 0 Å². The summed E-state index contributed by atoms with van der Waals surface area (Å²) in [5.41, 5.74) is 6.30. The Balaban J connectivity index is 0. The number of carbonyl (C=O) groups is 1. The van der Waals surface area contributed by atoms with E-state index in [1.165, 1.54) is 0 Å². The quantitative estimate of drug-likeness (QED) is 0.639. The van der Waals surface area contributed by atoms with Gasteiger partial charge in [0.25, 0.3) is 0 Å². The molecule has 0 fully saturated rings. The normalized spacial score (nSPS) is 10.6. The maximum absolute atomic E-state index is 10.4.